The van der Waals surface area contributed by atoms with E-state index in [0.717, 1.165) is 55.8 Å². The van der Waals surface area contributed by atoms with Gasteiger partial charge in [0.15, 0.2) is 0 Å². The van der Waals surface area contributed by atoms with Crippen LogP contribution in [0.1, 0.15) is 61.4 Å². The van der Waals surface area contributed by atoms with Crippen LogP contribution < -0.4 is 24.7 Å². The van der Waals surface area contributed by atoms with Gasteiger partial charge in [0.1, 0.15) is 5.25 Å². The maximum absolute atomic E-state index is 14.0. The molecular formula is C31H41F2N5O4S. The molecule has 1 spiro atoms. The van der Waals surface area contributed by atoms with Crippen LogP contribution in [-0.4, -0.2) is 77.0 Å². The first-order valence-corrected chi connectivity index (χ1v) is 16.8. The number of carbonyl (C=O) groups excluding carboxylic acids is 1. The molecule has 12 heteroatoms. The number of likely N-dealkylation sites (N-methyl/N-ethyl adjacent to an activating group) is 1. The van der Waals surface area contributed by atoms with Gasteiger partial charge in [0, 0.05) is 58.3 Å². The highest BCUT2D eigenvalue weighted by atomic mass is 32.2. The van der Waals surface area contributed by atoms with E-state index in [1.807, 2.05) is 24.1 Å². The zero-order chi connectivity index (χ0) is 30.6. The van der Waals surface area contributed by atoms with E-state index >= 15 is 0 Å². The number of anilines is 5. The molecule has 4 aliphatic rings. The minimum atomic E-state index is -3.81. The first kappa shape index (κ1) is 29.9. The Kier molecular flexibility index (Phi) is 7.73. The highest BCUT2D eigenvalue weighted by Gasteiger charge is 2.45. The van der Waals surface area contributed by atoms with E-state index in [-0.39, 0.29) is 31.8 Å². The summed E-state index contributed by atoms with van der Waals surface area (Å²) < 4.78 is 55.8. The van der Waals surface area contributed by atoms with Crippen molar-refractivity contribution < 1.29 is 27.1 Å². The normalized spacial score (nSPS) is 21.5. The number of aliphatic hydroxyl groups is 1. The van der Waals surface area contributed by atoms with Gasteiger partial charge in [-0.15, -0.1) is 0 Å². The zero-order valence-electron chi connectivity index (χ0n) is 24.8. The van der Waals surface area contributed by atoms with E-state index in [0.29, 0.717) is 28.0 Å². The molecule has 3 aliphatic heterocycles. The number of aliphatic hydroxyl groups excluding tert-OH is 1. The van der Waals surface area contributed by atoms with Crippen molar-refractivity contribution in [2.75, 3.05) is 71.1 Å². The van der Waals surface area contributed by atoms with Crippen molar-refractivity contribution in [3.63, 3.8) is 0 Å². The molecule has 43 heavy (non-hydrogen) atoms. The Labute approximate surface area is 252 Å². The maximum Gasteiger partial charge on any atom is 0.257 e. The number of benzene rings is 2. The minimum Gasteiger partial charge on any atom is -0.395 e. The molecule has 3 fully saturated rings. The lowest BCUT2D eigenvalue weighted by Gasteiger charge is -2.36. The molecule has 2 aromatic rings. The fraction of sp³-hybridized carbons (Fsp3) is 0.581. The Balaban J connectivity index is 1.29. The second-order valence-corrected chi connectivity index (χ2v) is 14.9. The van der Waals surface area contributed by atoms with Crippen LogP contribution >= 0.6 is 0 Å². The summed E-state index contributed by atoms with van der Waals surface area (Å²) in [5.41, 5.74) is 5.41. The first-order chi connectivity index (χ1) is 20.4. The highest BCUT2D eigenvalue weighted by Crippen LogP contribution is 2.54. The number of nitrogens with one attached hydrogen (secondary N) is 2. The van der Waals surface area contributed by atoms with Gasteiger partial charge >= 0.3 is 0 Å². The number of hydrogen-bond donors (Lipinski definition) is 3. The minimum absolute atomic E-state index is 0.199. The Morgan fingerprint density at radius 3 is 2.21 bits per heavy atom. The van der Waals surface area contributed by atoms with Gasteiger partial charge in [0.2, 0.25) is 10.0 Å². The molecule has 9 nitrogen and oxygen atoms in total. The molecule has 0 radical (unpaired) electrons. The highest BCUT2D eigenvalue weighted by molar-refractivity contribution is 7.93. The topological polar surface area (TPSA) is 105 Å². The van der Waals surface area contributed by atoms with Gasteiger partial charge in [0.05, 0.1) is 34.9 Å². The summed E-state index contributed by atoms with van der Waals surface area (Å²) in [7, 11) is -1.81. The zero-order valence-corrected chi connectivity index (χ0v) is 25.7. The summed E-state index contributed by atoms with van der Waals surface area (Å²) in [6, 6.07) is 8.78. The number of sulfonamides is 1. The molecule has 0 unspecified atom stereocenters. The fourth-order valence-electron chi connectivity index (χ4n) is 6.61. The summed E-state index contributed by atoms with van der Waals surface area (Å²) >= 11 is 0. The number of alkyl halides is 2. The molecule has 0 bridgehead atoms. The summed E-state index contributed by atoms with van der Waals surface area (Å²) in [6.45, 7) is 3.79. The van der Waals surface area contributed by atoms with Gasteiger partial charge in [-0.25, -0.2) is 17.2 Å². The number of carbonyl (C=O) groups is 1. The second kappa shape index (κ2) is 11.1. The smallest absolute Gasteiger partial charge is 0.257 e. The van der Waals surface area contributed by atoms with Gasteiger partial charge in [-0.3, -0.25) is 9.52 Å². The molecule has 6 rings (SSSR count). The van der Waals surface area contributed by atoms with Crippen LogP contribution in [0, 0.1) is 5.41 Å². The van der Waals surface area contributed by atoms with Crippen molar-refractivity contribution in [1.29, 1.82) is 0 Å². The molecule has 2 aromatic carbocycles. The second-order valence-electron chi connectivity index (χ2n) is 12.8. The van der Waals surface area contributed by atoms with Crippen LogP contribution in [0.15, 0.2) is 30.3 Å². The largest absolute Gasteiger partial charge is 0.395 e. The third kappa shape index (κ3) is 6.13. The van der Waals surface area contributed by atoms with Gasteiger partial charge in [-0.2, -0.15) is 0 Å². The maximum atomic E-state index is 14.0. The van der Waals surface area contributed by atoms with Crippen molar-refractivity contribution in [2.45, 2.75) is 63.0 Å². The number of fused-ring (bicyclic) bond motifs is 1. The van der Waals surface area contributed by atoms with E-state index in [1.54, 1.807) is 18.2 Å². The molecule has 1 aliphatic carbocycles. The number of halogens is 2. The van der Waals surface area contributed by atoms with E-state index in [2.05, 4.69) is 19.8 Å². The van der Waals surface area contributed by atoms with Crippen LogP contribution in [0.4, 0.5) is 37.2 Å². The predicted octanol–water partition coefficient (Wildman–Crippen LogP) is 4.67. The Morgan fingerprint density at radius 2 is 1.56 bits per heavy atom. The van der Waals surface area contributed by atoms with Crippen molar-refractivity contribution in [3.8, 4) is 0 Å². The molecule has 234 valence electrons. The van der Waals surface area contributed by atoms with Crippen LogP contribution in [0.5, 0.6) is 0 Å². The molecule has 3 N–H and O–H groups in total. The standard InChI is InChI=1S/C31H41F2N5O4S/c1-21(20-39)43(41,42)35-23-3-4-25(26(18-23)37-13-8-30(6-7-30)9-14-37)29(40)34-24-17-22-5-12-36(2)28(22)27(19-24)38-15-10-31(32,33)11-16-38/h3-4,17-19,21,35,39H,5-16,20H2,1-2H3,(H,34,40)/t21-/m1/s1. The van der Waals surface area contributed by atoms with E-state index in [4.69, 9.17) is 0 Å². The number of piperidine rings is 2. The predicted molar refractivity (Wildman–Crippen MR) is 166 cm³/mol. The average Bonchev–Trinajstić information content (AvgIpc) is 3.62. The van der Waals surface area contributed by atoms with E-state index in [1.165, 1.54) is 19.8 Å². The molecule has 2 saturated heterocycles. The van der Waals surface area contributed by atoms with Gasteiger partial charge in [-0.05, 0) is 80.3 Å². The number of nitrogens with zero attached hydrogens (tertiary/aromatic N) is 3. The summed E-state index contributed by atoms with van der Waals surface area (Å²) in [5.74, 6) is -2.97. The lowest BCUT2D eigenvalue weighted by atomic mass is 9.93. The molecule has 0 aromatic heterocycles. The van der Waals surface area contributed by atoms with Crippen LogP contribution in [0.2, 0.25) is 0 Å². The van der Waals surface area contributed by atoms with E-state index in [9.17, 15) is 27.1 Å². The molecule has 1 atom stereocenters. The van der Waals surface area contributed by atoms with E-state index < -0.39 is 27.8 Å². The number of hydrogen-bond acceptors (Lipinski definition) is 7. The third-order valence-corrected chi connectivity index (χ3v) is 11.5. The lowest BCUT2D eigenvalue weighted by Crippen LogP contribution is -2.40. The molecule has 1 amide bonds. The molecule has 3 heterocycles. The van der Waals surface area contributed by atoms with Gasteiger partial charge in [0.25, 0.3) is 11.8 Å². The number of rotatable bonds is 8. The van der Waals surface area contributed by atoms with Crippen LogP contribution in [-0.2, 0) is 16.4 Å². The quantitative estimate of drug-likeness (QED) is 0.396. The van der Waals surface area contributed by atoms with Crippen molar-refractivity contribution in [1.82, 2.24) is 0 Å². The Bertz CT molecular complexity index is 1490. The van der Waals surface area contributed by atoms with Gasteiger partial charge < -0.3 is 25.1 Å². The van der Waals surface area contributed by atoms with Crippen molar-refractivity contribution >= 4 is 44.4 Å². The van der Waals surface area contributed by atoms with Crippen LogP contribution in [0.25, 0.3) is 0 Å². The summed E-state index contributed by atoms with van der Waals surface area (Å²) in [6.07, 6.45) is 4.93. The third-order valence-electron chi connectivity index (χ3n) is 9.77. The van der Waals surface area contributed by atoms with Crippen molar-refractivity contribution in [2.24, 2.45) is 5.41 Å². The lowest BCUT2D eigenvalue weighted by molar-refractivity contribution is -0.0220. The summed E-state index contributed by atoms with van der Waals surface area (Å²) in [4.78, 5) is 20.2. The number of amides is 1. The Hall–Kier alpha value is -3.12. The average molecular weight is 618 g/mol. The monoisotopic (exact) mass is 617 g/mol. The van der Waals surface area contributed by atoms with Crippen LogP contribution in [0.3, 0.4) is 0 Å². The van der Waals surface area contributed by atoms with Crippen molar-refractivity contribution in [3.05, 3.63) is 41.5 Å². The van der Waals surface area contributed by atoms with Gasteiger partial charge in [-0.1, -0.05) is 0 Å². The first-order valence-electron chi connectivity index (χ1n) is 15.2. The molecular weight excluding hydrogens is 576 g/mol. The SMILES string of the molecule is C[C@H](CO)S(=O)(=O)Nc1ccc(C(=O)Nc2cc3c(c(N4CCC(F)(F)CC4)c2)N(C)CC3)c(N2CCC3(CC2)CC3)c1. The summed E-state index contributed by atoms with van der Waals surface area (Å²) in [5, 5.41) is 11.5. The molecule has 1 saturated carbocycles. The fourth-order valence-corrected chi connectivity index (χ4v) is 7.46. The Morgan fingerprint density at radius 1 is 0.930 bits per heavy atom.